The van der Waals surface area contributed by atoms with Crippen molar-refractivity contribution in [3.63, 3.8) is 0 Å². The third-order valence-corrected chi connectivity index (χ3v) is 6.31. The van der Waals surface area contributed by atoms with E-state index in [-0.39, 0.29) is 11.1 Å². The Labute approximate surface area is 160 Å². The first-order valence-corrected chi connectivity index (χ1v) is 10.6. The Morgan fingerprint density at radius 3 is 2.48 bits per heavy atom. The first-order chi connectivity index (χ1) is 12.8. The van der Waals surface area contributed by atoms with E-state index in [1.165, 1.54) is 4.31 Å². The molecule has 9 nitrogen and oxygen atoms in total. The third kappa shape index (κ3) is 4.22. The molecule has 0 radical (unpaired) electrons. The fourth-order valence-corrected chi connectivity index (χ4v) is 4.35. The molecule has 0 amide bonds. The number of aryl methyl sites for hydroxylation is 1. The van der Waals surface area contributed by atoms with E-state index < -0.39 is 10.0 Å². The molecule has 3 heterocycles. The molecule has 1 saturated heterocycles. The maximum Gasteiger partial charge on any atom is 0.262 e. The van der Waals surface area contributed by atoms with Crippen LogP contribution < -0.4 is 10.2 Å². The van der Waals surface area contributed by atoms with Gasteiger partial charge in [0.05, 0.1) is 6.33 Å². The van der Waals surface area contributed by atoms with E-state index in [2.05, 4.69) is 25.2 Å². The van der Waals surface area contributed by atoms with Crippen molar-refractivity contribution in [1.29, 1.82) is 0 Å². The lowest BCUT2D eigenvalue weighted by molar-refractivity contribution is 0.382. The number of aromatic nitrogens is 4. The third-order valence-electron chi connectivity index (χ3n) is 4.52. The quantitative estimate of drug-likeness (QED) is 0.794. The highest BCUT2D eigenvalue weighted by molar-refractivity contribution is 7.89. The molecule has 1 N–H and O–H groups in total. The summed E-state index contributed by atoms with van der Waals surface area (Å²) in [5.41, 5.74) is 0. The average molecular weight is 394 g/mol. The van der Waals surface area contributed by atoms with E-state index in [0.29, 0.717) is 32.0 Å². The summed E-state index contributed by atoms with van der Waals surface area (Å²) in [5.74, 6) is 2.30. The molecule has 0 atom stereocenters. The minimum absolute atomic E-state index is 0.108. The van der Waals surface area contributed by atoms with Gasteiger partial charge in [0.1, 0.15) is 17.5 Å². The van der Waals surface area contributed by atoms with Crippen molar-refractivity contribution in [1.82, 2.24) is 23.8 Å². The zero-order chi connectivity index (χ0) is 19.6. The Hall–Kier alpha value is -2.20. The standard InChI is InChI=1S/C17H27N7O2S/c1-5-18-15-10-16(21-14(4)20-15)22-6-8-24(9-7-22)27(25,26)17-11-23(12-19-17)13(2)3/h10-13H,5-9H2,1-4H3,(H,18,20,21). The van der Waals surface area contributed by atoms with Gasteiger partial charge in [-0.05, 0) is 27.7 Å². The van der Waals surface area contributed by atoms with Crippen LogP contribution in [-0.2, 0) is 10.0 Å². The van der Waals surface area contributed by atoms with Crippen LogP contribution in [0.4, 0.5) is 11.6 Å². The molecule has 0 aromatic carbocycles. The molecule has 0 aliphatic carbocycles. The van der Waals surface area contributed by atoms with Gasteiger partial charge in [0.15, 0.2) is 5.03 Å². The minimum Gasteiger partial charge on any atom is -0.370 e. The predicted octanol–water partition coefficient (Wildman–Crippen LogP) is 1.51. The van der Waals surface area contributed by atoms with Gasteiger partial charge in [0.25, 0.3) is 10.0 Å². The number of nitrogens with zero attached hydrogens (tertiary/aromatic N) is 6. The summed E-state index contributed by atoms with van der Waals surface area (Å²) in [5, 5.41) is 3.31. The SMILES string of the molecule is CCNc1cc(N2CCN(S(=O)(=O)c3cn(C(C)C)cn3)CC2)nc(C)n1. The molecule has 0 bridgehead atoms. The molecule has 1 fully saturated rings. The zero-order valence-electron chi connectivity index (χ0n) is 16.3. The van der Waals surface area contributed by atoms with Crippen LogP contribution in [0.15, 0.2) is 23.6 Å². The highest BCUT2D eigenvalue weighted by Gasteiger charge is 2.31. The molecule has 2 aromatic rings. The molecular formula is C17H27N7O2S. The van der Waals surface area contributed by atoms with Crippen LogP contribution in [0, 0.1) is 6.92 Å². The van der Waals surface area contributed by atoms with Gasteiger partial charge in [-0.1, -0.05) is 0 Å². The molecule has 1 aliphatic rings. The summed E-state index contributed by atoms with van der Waals surface area (Å²) in [6.45, 7) is 10.6. The average Bonchev–Trinajstić information content (AvgIpc) is 3.13. The van der Waals surface area contributed by atoms with Crippen molar-refractivity contribution in [3.8, 4) is 0 Å². The van der Waals surface area contributed by atoms with Gasteiger partial charge in [-0.25, -0.2) is 23.4 Å². The maximum atomic E-state index is 12.9. The second kappa shape index (κ2) is 7.81. The van der Waals surface area contributed by atoms with Crippen LogP contribution in [0.2, 0.25) is 0 Å². The van der Waals surface area contributed by atoms with Gasteiger partial charge in [-0.2, -0.15) is 4.31 Å². The summed E-state index contributed by atoms with van der Waals surface area (Å²) in [4.78, 5) is 15.0. The fourth-order valence-electron chi connectivity index (χ4n) is 3.01. The number of rotatable bonds is 6. The highest BCUT2D eigenvalue weighted by atomic mass is 32.2. The first-order valence-electron chi connectivity index (χ1n) is 9.19. The Morgan fingerprint density at radius 2 is 1.89 bits per heavy atom. The second-order valence-electron chi connectivity index (χ2n) is 6.83. The number of anilines is 2. The largest absolute Gasteiger partial charge is 0.370 e. The van der Waals surface area contributed by atoms with Crippen molar-refractivity contribution >= 4 is 21.7 Å². The monoisotopic (exact) mass is 393 g/mol. The summed E-state index contributed by atoms with van der Waals surface area (Å²) >= 11 is 0. The van der Waals surface area contributed by atoms with E-state index in [1.54, 1.807) is 17.1 Å². The summed E-state index contributed by atoms with van der Waals surface area (Å²) in [7, 11) is -3.58. The van der Waals surface area contributed by atoms with Gasteiger partial charge in [0.2, 0.25) is 0 Å². The van der Waals surface area contributed by atoms with E-state index in [9.17, 15) is 8.42 Å². The van der Waals surface area contributed by atoms with Crippen LogP contribution >= 0.6 is 0 Å². The predicted molar refractivity (Wildman–Crippen MR) is 105 cm³/mol. The molecule has 0 saturated carbocycles. The van der Waals surface area contributed by atoms with Crippen LogP contribution in [0.5, 0.6) is 0 Å². The summed E-state index contributed by atoms with van der Waals surface area (Å²) in [6, 6.07) is 2.08. The first kappa shape index (κ1) is 19.6. The Kier molecular flexibility index (Phi) is 5.66. The van der Waals surface area contributed by atoms with Crippen LogP contribution in [0.3, 0.4) is 0 Å². The molecule has 2 aromatic heterocycles. The van der Waals surface area contributed by atoms with Crippen molar-refractivity contribution in [3.05, 3.63) is 24.4 Å². The number of piperazine rings is 1. The van der Waals surface area contributed by atoms with E-state index in [4.69, 9.17) is 0 Å². The summed E-state index contributed by atoms with van der Waals surface area (Å²) in [6.07, 6.45) is 3.17. The lowest BCUT2D eigenvalue weighted by Crippen LogP contribution is -2.49. The molecule has 0 unspecified atom stereocenters. The van der Waals surface area contributed by atoms with Crippen molar-refractivity contribution < 1.29 is 8.42 Å². The lowest BCUT2D eigenvalue weighted by atomic mass is 10.3. The number of hydrogen-bond donors (Lipinski definition) is 1. The fraction of sp³-hybridized carbons (Fsp3) is 0.588. The smallest absolute Gasteiger partial charge is 0.262 e. The van der Waals surface area contributed by atoms with Crippen LogP contribution in [0.25, 0.3) is 0 Å². The Bertz CT molecular complexity index is 886. The molecule has 3 rings (SSSR count). The van der Waals surface area contributed by atoms with Gasteiger partial charge in [-0.15, -0.1) is 0 Å². The van der Waals surface area contributed by atoms with E-state index in [0.717, 1.165) is 18.2 Å². The van der Waals surface area contributed by atoms with E-state index in [1.807, 2.05) is 33.8 Å². The number of nitrogens with one attached hydrogen (secondary N) is 1. The maximum absolute atomic E-state index is 12.9. The van der Waals surface area contributed by atoms with Gasteiger partial charge < -0.3 is 14.8 Å². The number of sulfonamides is 1. The Balaban J connectivity index is 1.71. The van der Waals surface area contributed by atoms with Gasteiger partial charge >= 0.3 is 0 Å². The van der Waals surface area contributed by atoms with Crippen molar-refractivity contribution in [2.45, 2.75) is 38.8 Å². The van der Waals surface area contributed by atoms with Crippen molar-refractivity contribution in [2.24, 2.45) is 0 Å². The van der Waals surface area contributed by atoms with E-state index >= 15 is 0 Å². The van der Waals surface area contributed by atoms with Crippen molar-refractivity contribution in [2.75, 3.05) is 42.9 Å². The summed E-state index contributed by atoms with van der Waals surface area (Å²) < 4.78 is 29.0. The molecule has 10 heteroatoms. The molecule has 148 valence electrons. The Morgan fingerprint density at radius 1 is 1.19 bits per heavy atom. The van der Waals surface area contributed by atoms with Gasteiger partial charge in [0, 0.05) is 51.0 Å². The van der Waals surface area contributed by atoms with Crippen LogP contribution in [0.1, 0.15) is 32.6 Å². The zero-order valence-corrected chi connectivity index (χ0v) is 17.1. The molecular weight excluding hydrogens is 366 g/mol. The number of hydrogen-bond acceptors (Lipinski definition) is 7. The minimum atomic E-state index is -3.58. The molecule has 27 heavy (non-hydrogen) atoms. The number of imidazole rings is 1. The highest BCUT2D eigenvalue weighted by Crippen LogP contribution is 2.21. The molecule has 0 spiro atoms. The lowest BCUT2D eigenvalue weighted by Gasteiger charge is -2.34. The topological polar surface area (TPSA) is 96.2 Å². The second-order valence-corrected chi connectivity index (χ2v) is 8.72. The van der Waals surface area contributed by atoms with Crippen LogP contribution in [-0.4, -0.2) is 65.0 Å². The van der Waals surface area contributed by atoms with Gasteiger partial charge in [-0.3, -0.25) is 0 Å². The molecule has 1 aliphatic heterocycles. The normalized spacial score (nSPS) is 16.1.